The Hall–Kier alpha value is -1.17. The zero-order valence-electron chi connectivity index (χ0n) is 12.8. The lowest BCUT2D eigenvalue weighted by Crippen LogP contribution is -2.35. The van der Waals surface area contributed by atoms with Gasteiger partial charge in [0.2, 0.25) is 0 Å². The van der Waals surface area contributed by atoms with Crippen molar-refractivity contribution in [2.45, 2.75) is 45.8 Å². The molecule has 5 nitrogen and oxygen atoms in total. The van der Waals surface area contributed by atoms with Crippen LogP contribution in [0.3, 0.4) is 0 Å². The van der Waals surface area contributed by atoms with Gasteiger partial charge >= 0.3 is 5.97 Å². The van der Waals surface area contributed by atoms with Gasteiger partial charge in [0.25, 0.3) is 0 Å². The van der Waals surface area contributed by atoms with Gasteiger partial charge in [-0.05, 0) is 6.42 Å². The molecule has 0 aromatic rings. The van der Waals surface area contributed by atoms with E-state index in [9.17, 15) is 9.90 Å². The first-order valence-corrected chi connectivity index (χ1v) is 7.70. The highest BCUT2D eigenvalue weighted by atomic mass is 32.2. The minimum atomic E-state index is -0.824. The second-order valence-electron chi connectivity index (χ2n) is 5.07. The summed E-state index contributed by atoms with van der Waals surface area (Å²) in [5.74, 6) is 0.633. The van der Waals surface area contributed by atoms with E-state index in [1.165, 1.54) is 18.9 Å². The predicted octanol–water partition coefficient (Wildman–Crippen LogP) is 1.76. The molecule has 0 aromatic heterocycles. The van der Waals surface area contributed by atoms with Gasteiger partial charge in [0, 0.05) is 17.1 Å². The van der Waals surface area contributed by atoms with Crippen molar-refractivity contribution < 1.29 is 19.4 Å². The standard InChI is InChI=1S/C14H25NO4S/c1-6-7-8-9-20-10-11(12(16)18-5)15-13(17)19-14(2,3)4/h7-8,11H,6,9-10H2,1-5H3,(H,15,17)/p-1/b8-7+/t11-/m0/s1. The molecule has 0 aliphatic heterocycles. The second kappa shape index (κ2) is 9.69. The minimum absolute atomic E-state index is 0.389. The summed E-state index contributed by atoms with van der Waals surface area (Å²) in [7, 11) is 1.28. The summed E-state index contributed by atoms with van der Waals surface area (Å²) in [5.41, 5.74) is -0.627. The summed E-state index contributed by atoms with van der Waals surface area (Å²) in [6.07, 6.45) is 4.30. The van der Waals surface area contributed by atoms with E-state index in [-0.39, 0.29) is 0 Å². The van der Waals surface area contributed by atoms with Crippen LogP contribution in [-0.4, -0.2) is 42.3 Å². The lowest BCUT2D eigenvalue weighted by molar-refractivity contribution is -0.261. The SMILES string of the molecule is CC/C=C/CSC[C@H](N=C([O-])OC(C)(C)C)C(=O)OC. The third-order valence-electron chi connectivity index (χ3n) is 2.02. The monoisotopic (exact) mass is 302 g/mol. The molecule has 0 radical (unpaired) electrons. The number of hydrogen-bond acceptors (Lipinski definition) is 6. The highest BCUT2D eigenvalue weighted by Crippen LogP contribution is 2.10. The predicted molar refractivity (Wildman–Crippen MR) is 80.8 cm³/mol. The molecule has 0 N–H and O–H groups in total. The van der Waals surface area contributed by atoms with Crippen LogP contribution in [0.5, 0.6) is 0 Å². The molecule has 0 aliphatic rings. The molecule has 0 aliphatic carbocycles. The fourth-order valence-corrected chi connectivity index (χ4v) is 2.03. The number of ether oxygens (including phenoxy) is 2. The number of hydrogen-bond donors (Lipinski definition) is 0. The molecule has 116 valence electrons. The molecule has 0 fully saturated rings. The number of esters is 1. The van der Waals surface area contributed by atoms with Crippen LogP contribution in [0.2, 0.25) is 0 Å². The van der Waals surface area contributed by atoms with Crippen LogP contribution < -0.4 is 5.11 Å². The van der Waals surface area contributed by atoms with E-state index < -0.39 is 23.7 Å². The molecule has 0 saturated heterocycles. The Morgan fingerprint density at radius 1 is 1.40 bits per heavy atom. The molecule has 20 heavy (non-hydrogen) atoms. The van der Waals surface area contributed by atoms with Crippen molar-refractivity contribution in [3.05, 3.63) is 12.2 Å². The maximum atomic E-state index is 11.6. The van der Waals surface area contributed by atoms with Gasteiger partial charge in [0.1, 0.15) is 6.08 Å². The molecule has 0 bridgehead atoms. The van der Waals surface area contributed by atoms with Crippen LogP contribution in [0.1, 0.15) is 34.1 Å². The van der Waals surface area contributed by atoms with Gasteiger partial charge in [-0.1, -0.05) is 39.8 Å². The zero-order chi connectivity index (χ0) is 15.6. The number of allylic oxidation sites excluding steroid dienone is 1. The van der Waals surface area contributed by atoms with Gasteiger partial charge in [0.15, 0.2) is 6.04 Å². The van der Waals surface area contributed by atoms with E-state index in [1.54, 1.807) is 20.8 Å². The van der Waals surface area contributed by atoms with E-state index in [0.29, 0.717) is 5.75 Å². The zero-order valence-corrected chi connectivity index (χ0v) is 13.7. The number of nitrogens with zero attached hydrogens (tertiary/aromatic N) is 1. The molecule has 0 saturated carbocycles. The molecule has 0 spiro atoms. The number of aliphatic imine (C=N–C) groups is 1. The Morgan fingerprint density at radius 2 is 2.05 bits per heavy atom. The van der Waals surface area contributed by atoms with Crippen molar-refractivity contribution in [1.29, 1.82) is 0 Å². The highest BCUT2D eigenvalue weighted by Gasteiger charge is 2.18. The number of methoxy groups -OCH3 is 1. The summed E-state index contributed by atoms with van der Waals surface area (Å²) < 4.78 is 9.72. The van der Waals surface area contributed by atoms with Crippen LogP contribution in [-0.2, 0) is 14.3 Å². The minimum Gasteiger partial charge on any atom is -0.595 e. The van der Waals surface area contributed by atoms with Crippen LogP contribution in [0.15, 0.2) is 17.1 Å². The quantitative estimate of drug-likeness (QED) is 0.236. The third kappa shape index (κ3) is 9.72. The van der Waals surface area contributed by atoms with Crippen LogP contribution >= 0.6 is 11.8 Å². The molecule has 6 heteroatoms. The molecular formula is C14H24NO4S-. The summed E-state index contributed by atoms with van der Waals surface area (Å²) in [6.45, 7) is 7.30. The summed E-state index contributed by atoms with van der Waals surface area (Å²) >= 11 is 1.52. The van der Waals surface area contributed by atoms with Crippen molar-refractivity contribution >= 4 is 23.8 Å². The van der Waals surface area contributed by atoms with Crippen molar-refractivity contribution in [2.24, 2.45) is 4.99 Å². The fraction of sp³-hybridized carbons (Fsp3) is 0.714. The first-order chi connectivity index (χ1) is 9.30. The van der Waals surface area contributed by atoms with E-state index >= 15 is 0 Å². The third-order valence-corrected chi connectivity index (χ3v) is 3.00. The summed E-state index contributed by atoms with van der Waals surface area (Å²) in [5, 5.41) is 11.6. The van der Waals surface area contributed by atoms with Crippen molar-refractivity contribution in [2.75, 3.05) is 18.6 Å². The van der Waals surface area contributed by atoms with E-state index in [0.717, 1.165) is 12.2 Å². The maximum Gasteiger partial charge on any atom is 0.331 e. The molecular weight excluding hydrogens is 278 g/mol. The van der Waals surface area contributed by atoms with Crippen molar-refractivity contribution in [1.82, 2.24) is 0 Å². The van der Waals surface area contributed by atoms with Gasteiger partial charge in [-0.2, -0.15) is 11.8 Å². The molecule has 1 atom stereocenters. The first-order valence-electron chi connectivity index (χ1n) is 6.54. The van der Waals surface area contributed by atoms with Crippen molar-refractivity contribution in [3.8, 4) is 0 Å². The van der Waals surface area contributed by atoms with E-state index in [1.807, 2.05) is 12.2 Å². The van der Waals surface area contributed by atoms with Crippen LogP contribution in [0.4, 0.5) is 0 Å². The Morgan fingerprint density at radius 3 is 2.55 bits per heavy atom. The number of carbonyl (C=O) groups excluding carboxylic acids is 1. The Labute approximate surface area is 125 Å². The van der Waals surface area contributed by atoms with Gasteiger partial charge in [0.05, 0.1) is 7.11 Å². The summed E-state index contributed by atoms with van der Waals surface area (Å²) in [4.78, 5) is 15.3. The topological polar surface area (TPSA) is 71.0 Å². The normalized spacial score (nSPS) is 14.3. The molecule has 0 rings (SSSR count). The van der Waals surface area contributed by atoms with Gasteiger partial charge in [-0.3, -0.25) is 4.99 Å². The van der Waals surface area contributed by atoms with Gasteiger partial charge < -0.3 is 14.6 Å². The largest absolute Gasteiger partial charge is 0.595 e. The van der Waals surface area contributed by atoms with Gasteiger partial charge in [-0.25, -0.2) is 4.79 Å². The average Bonchev–Trinajstić information content (AvgIpc) is 2.34. The van der Waals surface area contributed by atoms with E-state index in [4.69, 9.17) is 4.74 Å². The molecule has 0 aromatic carbocycles. The number of rotatable bonds is 7. The molecule has 0 heterocycles. The second-order valence-corrected chi connectivity index (χ2v) is 6.14. The summed E-state index contributed by atoms with van der Waals surface area (Å²) in [6, 6.07) is -0.824. The van der Waals surface area contributed by atoms with E-state index in [2.05, 4.69) is 16.7 Å². The van der Waals surface area contributed by atoms with Gasteiger partial charge in [-0.15, -0.1) is 0 Å². The highest BCUT2D eigenvalue weighted by molar-refractivity contribution is 7.99. The van der Waals surface area contributed by atoms with Crippen molar-refractivity contribution in [3.63, 3.8) is 0 Å². The van der Waals surface area contributed by atoms with Crippen LogP contribution in [0, 0.1) is 0 Å². The Balaban J connectivity index is 4.52. The first kappa shape index (κ1) is 18.8. The smallest absolute Gasteiger partial charge is 0.331 e. The maximum absolute atomic E-state index is 11.6. The lowest BCUT2D eigenvalue weighted by atomic mass is 10.2. The lowest BCUT2D eigenvalue weighted by Gasteiger charge is -2.30. The van der Waals surface area contributed by atoms with Crippen LogP contribution in [0.25, 0.3) is 0 Å². The number of carbonyl (C=O) groups is 1. The molecule has 0 unspecified atom stereocenters. The Kier molecular flexibility index (Phi) is 9.12. The number of thioether (sulfide) groups is 1. The average molecular weight is 302 g/mol. The fourth-order valence-electron chi connectivity index (χ4n) is 1.19. The Bertz CT molecular complexity index is 348. The molecule has 0 amide bonds.